The minimum absolute atomic E-state index is 0.404. The molecule has 0 saturated carbocycles. The monoisotopic (exact) mass is 363 g/mol. The van der Waals surface area contributed by atoms with E-state index in [0.29, 0.717) is 6.04 Å². The van der Waals surface area contributed by atoms with Crippen molar-refractivity contribution in [2.24, 2.45) is 0 Å². The number of hydrogen-bond donors (Lipinski definition) is 1. The second kappa shape index (κ2) is 9.50. The second-order valence-electron chi connectivity index (χ2n) is 8.03. The Morgan fingerprint density at radius 3 is 1.67 bits per heavy atom. The van der Waals surface area contributed by atoms with Gasteiger partial charge in [-0.1, -0.05) is 60.7 Å². The maximum Gasteiger partial charge on any atom is 0.0602 e. The highest BCUT2D eigenvalue weighted by molar-refractivity contribution is 5.32. The zero-order chi connectivity index (χ0) is 18.3. The van der Waals surface area contributed by atoms with Gasteiger partial charge in [-0.05, 0) is 63.0 Å². The quantitative estimate of drug-likeness (QED) is 0.888. The van der Waals surface area contributed by atoms with Crippen molar-refractivity contribution in [3.05, 3.63) is 71.8 Å². The number of nitrogens with zero attached hydrogens (tertiary/aromatic N) is 2. The van der Waals surface area contributed by atoms with E-state index in [1.165, 1.54) is 76.1 Å². The first-order valence-corrected chi connectivity index (χ1v) is 10.7. The van der Waals surface area contributed by atoms with Gasteiger partial charge in [0.25, 0.3) is 0 Å². The van der Waals surface area contributed by atoms with Crippen LogP contribution < -0.4 is 5.32 Å². The molecule has 3 fully saturated rings. The van der Waals surface area contributed by atoms with Crippen molar-refractivity contribution in [2.45, 2.75) is 37.8 Å². The predicted molar refractivity (Wildman–Crippen MR) is 113 cm³/mol. The zero-order valence-corrected chi connectivity index (χ0v) is 16.4. The smallest absolute Gasteiger partial charge is 0.0602 e. The Balaban J connectivity index is 0.000000314. The minimum Gasteiger partial charge on any atom is -0.317 e. The molecule has 27 heavy (non-hydrogen) atoms. The second-order valence-corrected chi connectivity index (χ2v) is 8.03. The van der Waals surface area contributed by atoms with Gasteiger partial charge in [0.2, 0.25) is 0 Å². The van der Waals surface area contributed by atoms with Crippen molar-refractivity contribution in [1.29, 1.82) is 0 Å². The summed E-state index contributed by atoms with van der Waals surface area (Å²) < 4.78 is 0. The van der Waals surface area contributed by atoms with E-state index >= 15 is 0 Å². The summed E-state index contributed by atoms with van der Waals surface area (Å²) in [6.45, 7) is 7.52. The Labute approximate surface area is 164 Å². The first-order chi connectivity index (χ1) is 13.4. The van der Waals surface area contributed by atoms with Crippen molar-refractivity contribution in [3.63, 3.8) is 0 Å². The Bertz CT molecular complexity index is 609. The van der Waals surface area contributed by atoms with Crippen LogP contribution in [0.4, 0.5) is 0 Å². The minimum atomic E-state index is 0.404. The molecular weight excluding hydrogens is 330 g/mol. The van der Waals surface area contributed by atoms with Crippen LogP contribution >= 0.6 is 0 Å². The van der Waals surface area contributed by atoms with Gasteiger partial charge in [0, 0.05) is 19.1 Å². The molecule has 3 aliphatic rings. The van der Waals surface area contributed by atoms with Gasteiger partial charge in [-0.15, -0.1) is 0 Å². The lowest BCUT2D eigenvalue weighted by molar-refractivity contribution is 0.0262. The molecule has 3 aliphatic heterocycles. The van der Waals surface area contributed by atoms with Gasteiger partial charge in [-0.3, -0.25) is 9.80 Å². The molecule has 3 nitrogen and oxygen atoms in total. The molecule has 5 rings (SSSR count). The van der Waals surface area contributed by atoms with Gasteiger partial charge in [0.05, 0.1) is 6.04 Å². The Kier molecular flexibility index (Phi) is 6.57. The highest BCUT2D eigenvalue weighted by Crippen LogP contribution is 2.34. The van der Waals surface area contributed by atoms with E-state index in [0.717, 1.165) is 6.04 Å². The van der Waals surface area contributed by atoms with E-state index in [2.05, 4.69) is 75.8 Å². The van der Waals surface area contributed by atoms with Crippen molar-refractivity contribution in [1.82, 2.24) is 15.1 Å². The molecule has 0 spiro atoms. The van der Waals surface area contributed by atoms with Crippen molar-refractivity contribution >= 4 is 0 Å². The summed E-state index contributed by atoms with van der Waals surface area (Å²) in [7, 11) is 0. The summed E-state index contributed by atoms with van der Waals surface area (Å²) in [5.74, 6) is 0. The fourth-order valence-corrected chi connectivity index (χ4v) is 4.55. The third kappa shape index (κ3) is 4.78. The molecule has 144 valence electrons. The Morgan fingerprint density at radius 1 is 0.704 bits per heavy atom. The first-order valence-electron chi connectivity index (χ1n) is 10.7. The Hall–Kier alpha value is -1.68. The number of hydrogen-bond acceptors (Lipinski definition) is 3. The normalized spacial score (nSPS) is 21.1. The average Bonchev–Trinajstić information content (AvgIpc) is 3.42. The lowest BCUT2D eigenvalue weighted by atomic mass is 9.93. The van der Waals surface area contributed by atoms with E-state index in [4.69, 9.17) is 0 Å². The third-order valence-electron chi connectivity index (χ3n) is 6.10. The van der Waals surface area contributed by atoms with Gasteiger partial charge in [0.1, 0.15) is 0 Å². The van der Waals surface area contributed by atoms with Crippen LogP contribution in [0.3, 0.4) is 0 Å². The molecule has 2 aromatic rings. The molecule has 0 aliphatic carbocycles. The molecule has 0 unspecified atom stereocenters. The maximum atomic E-state index is 3.22. The fraction of sp³-hybridized carbons (Fsp3) is 0.500. The molecule has 1 N–H and O–H groups in total. The molecule has 3 heteroatoms. The Morgan fingerprint density at radius 2 is 1.22 bits per heavy atom. The molecule has 3 saturated heterocycles. The van der Waals surface area contributed by atoms with Gasteiger partial charge in [-0.2, -0.15) is 0 Å². The van der Waals surface area contributed by atoms with Crippen molar-refractivity contribution in [3.8, 4) is 0 Å². The van der Waals surface area contributed by atoms with E-state index in [-0.39, 0.29) is 0 Å². The molecule has 0 atom stereocenters. The highest BCUT2D eigenvalue weighted by Gasteiger charge is 2.37. The van der Waals surface area contributed by atoms with Crippen LogP contribution in [0.1, 0.15) is 42.9 Å². The zero-order valence-electron chi connectivity index (χ0n) is 16.4. The standard InChI is InChI=1S/C20H24N2.C4H9N/c1-3-9-17(10-4-1)20(18-11-5-2-6-12-18)22-15-19(16-22)21-13-7-8-14-21;1-2-4-5-3-1/h1-6,9-12,19-20H,7-8,13-16H2;5H,1-4H2. The number of likely N-dealkylation sites (tertiary alicyclic amines) is 2. The lowest BCUT2D eigenvalue weighted by Crippen LogP contribution is -2.59. The summed E-state index contributed by atoms with van der Waals surface area (Å²) in [4.78, 5) is 5.32. The molecule has 0 radical (unpaired) electrons. The lowest BCUT2D eigenvalue weighted by Gasteiger charge is -2.48. The molecule has 3 heterocycles. The molecule has 0 amide bonds. The summed E-state index contributed by atoms with van der Waals surface area (Å²) in [6.07, 6.45) is 5.55. The van der Waals surface area contributed by atoms with E-state index in [1.54, 1.807) is 0 Å². The topological polar surface area (TPSA) is 18.5 Å². The average molecular weight is 364 g/mol. The first kappa shape index (κ1) is 18.7. The van der Waals surface area contributed by atoms with Crippen molar-refractivity contribution in [2.75, 3.05) is 39.3 Å². The van der Waals surface area contributed by atoms with Gasteiger partial charge in [0.15, 0.2) is 0 Å². The highest BCUT2D eigenvalue weighted by atomic mass is 15.3. The van der Waals surface area contributed by atoms with Gasteiger partial charge < -0.3 is 5.32 Å². The van der Waals surface area contributed by atoms with E-state index < -0.39 is 0 Å². The van der Waals surface area contributed by atoms with Crippen LogP contribution in [0.2, 0.25) is 0 Å². The van der Waals surface area contributed by atoms with Gasteiger partial charge in [-0.25, -0.2) is 0 Å². The van der Waals surface area contributed by atoms with Crippen LogP contribution in [-0.4, -0.2) is 55.1 Å². The number of benzene rings is 2. The summed E-state index contributed by atoms with van der Waals surface area (Å²) in [5, 5.41) is 3.22. The van der Waals surface area contributed by atoms with E-state index in [1.807, 2.05) is 0 Å². The third-order valence-corrected chi connectivity index (χ3v) is 6.10. The fourth-order valence-electron chi connectivity index (χ4n) is 4.55. The van der Waals surface area contributed by atoms with Crippen LogP contribution in [0.5, 0.6) is 0 Å². The van der Waals surface area contributed by atoms with Crippen molar-refractivity contribution < 1.29 is 0 Å². The molecule has 2 aromatic carbocycles. The predicted octanol–water partition coefficient (Wildman–Crippen LogP) is 3.93. The summed E-state index contributed by atoms with van der Waals surface area (Å²) in [5.41, 5.74) is 2.82. The van der Waals surface area contributed by atoms with Crippen LogP contribution in [0.15, 0.2) is 60.7 Å². The largest absolute Gasteiger partial charge is 0.317 e. The van der Waals surface area contributed by atoms with Crippen LogP contribution in [0, 0.1) is 0 Å². The van der Waals surface area contributed by atoms with E-state index in [9.17, 15) is 0 Å². The van der Waals surface area contributed by atoms with Crippen LogP contribution in [0.25, 0.3) is 0 Å². The molecule has 0 bridgehead atoms. The summed E-state index contributed by atoms with van der Waals surface area (Å²) >= 11 is 0. The maximum absolute atomic E-state index is 3.22. The summed E-state index contributed by atoms with van der Waals surface area (Å²) in [6, 6.07) is 23.1. The molecular formula is C24H33N3. The SMILES string of the molecule is C1CCNC1.c1ccc(C(c2ccccc2)N2CC(N3CCCC3)C2)cc1. The molecule has 0 aromatic heterocycles. The number of rotatable bonds is 4. The van der Waals surface area contributed by atoms with Crippen LogP contribution in [-0.2, 0) is 0 Å². The van der Waals surface area contributed by atoms with Gasteiger partial charge >= 0.3 is 0 Å². The number of nitrogens with one attached hydrogen (secondary N) is 1.